The van der Waals surface area contributed by atoms with Gasteiger partial charge >= 0.3 is 5.97 Å². The molecule has 0 saturated heterocycles. The van der Waals surface area contributed by atoms with Gasteiger partial charge in [0, 0.05) is 6.08 Å². The third-order valence-corrected chi connectivity index (χ3v) is 0.600. The summed E-state index contributed by atoms with van der Waals surface area (Å²) in [6.07, 6.45) is 2.99. The summed E-state index contributed by atoms with van der Waals surface area (Å²) in [5.74, 6) is -0.303. The first kappa shape index (κ1) is 12.4. The Morgan fingerprint density at radius 1 is 1.36 bits per heavy atom. The van der Waals surface area contributed by atoms with Gasteiger partial charge in [-0.3, -0.25) is 4.79 Å². The number of rotatable bonds is 2. The first-order chi connectivity index (χ1) is 5.22. The monoisotopic (exact) mass is 160 g/mol. The highest BCUT2D eigenvalue weighted by molar-refractivity contribution is 5.81. The smallest absolute Gasteiger partial charge is 0.330 e. The minimum Gasteiger partial charge on any atom is -0.471 e. The van der Waals surface area contributed by atoms with Crippen LogP contribution >= 0.6 is 0 Å². The van der Waals surface area contributed by atoms with Crippen LogP contribution in [0.15, 0.2) is 12.2 Å². The van der Waals surface area contributed by atoms with Gasteiger partial charge in [0.05, 0.1) is 14.2 Å². The summed E-state index contributed by atoms with van der Waals surface area (Å²) in [6, 6.07) is 0. The predicted molar refractivity (Wildman–Crippen MR) is 39.9 cm³/mol. The second kappa shape index (κ2) is 11.5. The van der Waals surface area contributed by atoms with Crippen LogP contribution in [-0.2, 0) is 19.1 Å². The number of allylic oxidation sites excluding steroid dienone is 1. The van der Waals surface area contributed by atoms with Gasteiger partial charge in [-0.15, -0.1) is 0 Å². The van der Waals surface area contributed by atoms with Gasteiger partial charge in [0.15, 0.2) is 0 Å². The fourth-order valence-corrected chi connectivity index (χ4v) is 0.204. The van der Waals surface area contributed by atoms with E-state index in [4.69, 9.17) is 4.79 Å². The lowest BCUT2D eigenvalue weighted by molar-refractivity contribution is -0.134. The third kappa shape index (κ3) is 17.7. The van der Waals surface area contributed by atoms with Crippen LogP contribution < -0.4 is 0 Å². The van der Waals surface area contributed by atoms with Crippen molar-refractivity contribution in [2.75, 3.05) is 14.2 Å². The Morgan fingerprint density at radius 2 is 1.82 bits per heavy atom. The Labute approximate surface area is 65.8 Å². The van der Waals surface area contributed by atoms with Crippen molar-refractivity contribution >= 4 is 12.4 Å². The summed E-state index contributed by atoms with van der Waals surface area (Å²) in [4.78, 5) is 19.1. The summed E-state index contributed by atoms with van der Waals surface area (Å²) < 4.78 is 8.13. The maximum absolute atomic E-state index is 10.1. The average molecular weight is 160 g/mol. The molecule has 0 aliphatic heterocycles. The molecule has 0 aliphatic rings. The summed E-state index contributed by atoms with van der Waals surface area (Å²) in [6.45, 7) is 2.14. The quantitative estimate of drug-likeness (QED) is 0.336. The number of esters is 1. The molecule has 0 aromatic heterocycles. The fourth-order valence-electron chi connectivity index (χ4n) is 0.204. The van der Waals surface area contributed by atoms with Gasteiger partial charge in [-0.1, -0.05) is 6.08 Å². The molecule has 4 nitrogen and oxygen atoms in total. The molecule has 0 fully saturated rings. The number of carbonyl (C=O) groups excluding carboxylic acids is 2. The highest BCUT2D eigenvalue weighted by atomic mass is 16.5. The van der Waals surface area contributed by atoms with Gasteiger partial charge < -0.3 is 9.47 Å². The number of carbonyl (C=O) groups is 2. The SMILES string of the molecule is C/C=C/C(=O)OC.COC=O. The van der Waals surface area contributed by atoms with Crippen LogP contribution in [0, 0.1) is 0 Å². The van der Waals surface area contributed by atoms with Crippen LogP contribution in [0.4, 0.5) is 0 Å². The third-order valence-electron chi connectivity index (χ3n) is 0.600. The molecule has 0 heterocycles. The standard InChI is InChI=1S/C5H8O2.C2H4O2/c1-3-4-5(6)7-2;1-4-2-3/h3-4H,1-2H3;2H,1H3/b4-3+;. The Bertz CT molecular complexity index is 128. The van der Waals surface area contributed by atoms with Crippen molar-refractivity contribution in [3.8, 4) is 0 Å². The van der Waals surface area contributed by atoms with E-state index in [9.17, 15) is 4.79 Å². The molecule has 0 aromatic carbocycles. The zero-order valence-corrected chi connectivity index (χ0v) is 6.87. The summed E-state index contributed by atoms with van der Waals surface area (Å²) in [5, 5.41) is 0. The molecule has 0 rings (SSSR count). The second-order valence-electron chi connectivity index (χ2n) is 1.36. The van der Waals surface area contributed by atoms with Crippen LogP contribution in [0.2, 0.25) is 0 Å². The molecule has 0 atom stereocenters. The van der Waals surface area contributed by atoms with Crippen LogP contribution in [-0.4, -0.2) is 26.7 Å². The molecule has 0 bridgehead atoms. The molecule has 0 aromatic rings. The zero-order valence-electron chi connectivity index (χ0n) is 6.87. The highest BCUT2D eigenvalue weighted by Crippen LogP contribution is 1.73. The van der Waals surface area contributed by atoms with E-state index in [1.54, 1.807) is 13.0 Å². The normalized spacial score (nSPS) is 7.91. The second-order valence-corrected chi connectivity index (χ2v) is 1.36. The van der Waals surface area contributed by atoms with E-state index in [0.717, 1.165) is 0 Å². The molecule has 0 unspecified atom stereocenters. The van der Waals surface area contributed by atoms with Crippen LogP contribution in [0.3, 0.4) is 0 Å². The Balaban J connectivity index is 0. The molecule has 0 N–H and O–H groups in total. The van der Waals surface area contributed by atoms with Crippen molar-refractivity contribution in [1.82, 2.24) is 0 Å². The Hall–Kier alpha value is -1.32. The first-order valence-corrected chi connectivity index (χ1v) is 2.90. The fraction of sp³-hybridized carbons (Fsp3) is 0.429. The molecule has 0 saturated carbocycles. The summed E-state index contributed by atoms with van der Waals surface area (Å²) in [7, 11) is 2.66. The lowest BCUT2D eigenvalue weighted by Gasteiger charge is -1.84. The van der Waals surface area contributed by atoms with Crippen molar-refractivity contribution in [2.45, 2.75) is 6.92 Å². The van der Waals surface area contributed by atoms with Crippen molar-refractivity contribution in [2.24, 2.45) is 0 Å². The van der Waals surface area contributed by atoms with Gasteiger partial charge in [0.2, 0.25) is 0 Å². The van der Waals surface area contributed by atoms with E-state index in [-0.39, 0.29) is 5.97 Å². The molecular formula is C7H12O4. The number of ether oxygens (including phenoxy) is 2. The first-order valence-electron chi connectivity index (χ1n) is 2.90. The van der Waals surface area contributed by atoms with E-state index in [2.05, 4.69) is 9.47 Å². The predicted octanol–water partition coefficient (Wildman–Crippen LogP) is 0.525. The van der Waals surface area contributed by atoms with Gasteiger partial charge in [-0.2, -0.15) is 0 Å². The largest absolute Gasteiger partial charge is 0.471 e. The summed E-state index contributed by atoms with van der Waals surface area (Å²) >= 11 is 0. The average Bonchev–Trinajstić information content (AvgIpc) is 2.05. The molecule has 64 valence electrons. The van der Waals surface area contributed by atoms with E-state index < -0.39 is 0 Å². The van der Waals surface area contributed by atoms with Crippen molar-refractivity contribution < 1.29 is 19.1 Å². The topological polar surface area (TPSA) is 52.6 Å². The van der Waals surface area contributed by atoms with Crippen molar-refractivity contribution in [1.29, 1.82) is 0 Å². The zero-order chi connectivity index (χ0) is 9.11. The van der Waals surface area contributed by atoms with E-state index >= 15 is 0 Å². The lowest BCUT2D eigenvalue weighted by Crippen LogP contribution is -1.92. The lowest BCUT2D eigenvalue weighted by atomic mass is 10.5. The molecule has 0 aliphatic carbocycles. The van der Waals surface area contributed by atoms with E-state index in [1.165, 1.54) is 20.3 Å². The van der Waals surface area contributed by atoms with Crippen molar-refractivity contribution in [3.63, 3.8) is 0 Å². The highest BCUT2D eigenvalue weighted by Gasteiger charge is 1.84. The van der Waals surface area contributed by atoms with Gasteiger partial charge in [-0.25, -0.2) is 4.79 Å². The molecule has 0 spiro atoms. The molecule has 11 heavy (non-hydrogen) atoms. The minimum atomic E-state index is -0.303. The summed E-state index contributed by atoms with van der Waals surface area (Å²) in [5.41, 5.74) is 0. The number of hydrogen-bond donors (Lipinski definition) is 0. The van der Waals surface area contributed by atoms with Crippen LogP contribution in [0.1, 0.15) is 6.92 Å². The van der Waals surface area contributed by atoms with E-state index in [1.807, 2.05) is 0 Å². The number of hydrogen-bond acceptors (Lipinski definition) is 4. The van der Waals surface area contributed by atoms with Crippen LogP contribution in [0.5, 0.6) is 0 Å². The van der Waals surface area contributed by atoms with Crippen molar-refractivity contribution in [3.05, 3.63) is 12.2 Å². The molecular weight excluding hydrogens is 148 g/mol. The Morgan fingerprint density at radius 3 is 1.91 bits per heavy atom. The number of methoxy groups -OCH3 is 2. The van der Waals surface area contributed by atoms with Crippen LogP contribution in [0.25, 0.3) is 0 Å². The molecule has 0 radical (unpaired) electrons. The Kier molecular flexibility index (Phi) is 12.9. The van der Waals surface area contributed by atoms with Gasteiger partial charge in [0.1, 0.15) is 0 Å². The molecule has 4 heteroatoms. The molecule has 0 amide bonds. The van der Waals surface area contributed by atoms with Gasteiger partial charge in [-0.05, 0) is 6.92 Å². The maximum atomic E-state index is 10.1. The maximum Gasteiger partial charge on any atom is 0.330 e. The van der Waals surface area contributed by atoms with Gasteiger partial charge in [0.25, 0.3) is 6.47 Å². The minimum absolute atomic E-state index is 0.303. The van der Waals surface area contributed by atoms with E-state index in [0.29, 0.717) is 6.47 Å².